The van der Waals surface area contributed by atoms with E-state index in [9.17, 15) is 4.79 Å². The lowest BCUT2D eigenvalue weighted by Gasteiger charge is -2.04. The number of methoxy groups -OCH3 is 1. The topological polar surface area (TPSA) is 90.1 Å². The van der Waals surface area contributed by atoms with Crippen molar-refractivity contribution in [2.75, 3.05) is 26.0 Å². The molecule has 0 aromatic carbocycles. The third-order valence-corrected chi connectivity index (χ3v) is 4.49. The Morgan fingerprint density at radius 1 is 1.33 bits per heavy atom. The Kier molecular flexibility index (Phi) is 5.08. The lowest BCUT2D eigenvalue weighted by molar-refractivity contribution is 0.0956. The minimum Gasteiger partial charge on any atom is -0.397 e. The average Bonchev–Trinajstić information content (AvgIpc) is 2.80. The van der Waals surface area contributed by atoms with Crippen LogP contribution in [-0.2, 0) is 4.74 Å². The third-order valence-electron chi connectivity index (χ3n) is 3.40. The van der Waals surface area contributed by atoms with Gasteiger partial charge in [-0.15, -0.1) is 16.4 Å². The Bertz CT molecular complexity index is 654. The predicted octanol–water partition coefficient (Wildman–Crippen LogP) is 2.05. The first-order valence-electron chi connectivity index (χ1n) is 6.85. The summed E-state index contributed by atoms with van der Waals surface area (Å²) >= 11 is 1.29. The van der Waals surface area contributed by atoms with Crippen molar-refractivity contribution in [2.45, 2.75) is 26.7 Å². The van der Waals surface area contributed by atoms with Crippen LogP contribution in [0.4, 0.5) is 5.69 Å². The van der Waals surface area contributed by atoms with Gasteiger partial charge in [-0.05, 0) is 32.3 Å². The molecular weight excluding hydrogens is 288 g/mol. The first-order chi connectivity index (χ1) is 10.1. The van der Waals surface area contributed by atoms with E-state index in [-0.39, 0.29) is 5.91 Å². The maximum Gasteiger partial charge on any atom is 0.263 e. The lowest BCUT2D eigenvalue weighted by atomic mass is 10.1. The van der Waals surface area contributed by atoms with Crippen LogP contribution < -0.4 is 11.1 Å². The van der Waals surface area contributed by atoms with E-state index in [1.54, 1.807) is 7.11 Å². The second-order valence-corrected chi connectivity index (χ2v) is 5.89. The fraction of sp³-hybridized carbons (Fsp3) is 0.500. The van der Waals surface area contributed by atoms with E-state index in [1.165, 1.54) is 11.3 Å². The summed E-state index contributed by atoms with van der Waals surface area (Å²) in [6, 6.07) is 0. The van der Waals surface area contributed by atoms with Gasteiger partial charge in [-0.2, -0.15) is 5.10 Å². The maximum atomic E-state index is 12.2. The molecule has 3 N–H and O–H groups in total. The van der Waals surface area contributed by atoms with Gasteiger partial charge in [0.15, 0.2) is 0 Å². The van der Waals surface area contributed by atoms with Crippen LogP contribution in [0.5, 0.6) is 0 Å². The second kappa shape index (κ2) is 6.82. The highest BCUT2D eigenvalue weighted by Gasteiger charge is 2.19. The number of fused-ring (bicyclic) bond motifs is 1. The average molecular weight is 308 g/mol. The van der Waals surface area contributed by atoms with Crippen molar-refractivity contribution in [1.82, 2.24) is 15.5 Å². The fourth-order valence-electron chi connectivity index (χ4n) is 2.06. The predicted molar refractivity (Wildman–Crippen MR) is 84.7 cm³/mol. The number of hydrogen-bond donors (Lipinski definition) is 2. The number of amides is 1. The van der Waals surface area contributed by atoms with E-state index in [4.69, 9.17) is 10.5 Å². The van der Waals surface area contributed by atoms with Crippen LogP contribution in [0.1, 0.15) is 33.8 Å². The van der Waals surface area contributed by atoms with Gasteiger partial charge in [0, 0.05) is 25.6 Å². The number of carbonyl (C=O) groups excluding carboxylic acids is 1. The van der Waals surface area contributed by atoms with Gasteiger partial charge in [-0.1, -0.05) is 0 Å². The molecule has 7 heteroatoms. The molecule has 6 nitrogen and oxygen atoms in total. The van der Waals surface area contributed by atoms with Crippen LogP contribution in [0.2, 0.25) is 0 Å². The van der Waals surface area contributed by atoms with Crippen LogP contribution in [0, 0.1) is 13.8 Å². The number of thiophene rings is 1. The monoisotopic (exact) mass is 308 g/mol. The van der Waals surface area contributed by atoms with Crippen molar-refractivity contribution < 1.29 is 9.53 Å². The Balaban J connectivity index is 2.13. The molecule has 0 spiro atoms. The van der Waals surface area contributed by atoms with Crippen molar-refractivity contribution >= 4 is 33.1 Å². The highest BCUT2D eigenvalue weighted by atomic mass is 32.1. The normalized spacial score (nSPS) is 11.0. The molecule has 0 aliphatic carbocycles. The molecule has 21 heavy (non-hydrogen) atoms. The summed E-state index contributed by atoms with van der Waals surface area (Å²) in [6.07, 6.45) is 1.80. The number of nitrogens with zero attached hydrogens (tertiary/aromatic N) is 2. The largest absolute Gasteiger partial charge is 0.397 e. The zero-order chi connectivity index (χ0) is 15.4. The second-order valence-electron chi connectivity index (χ2n) is 4.89. The van der Waals surface area contributed by atoms with E-state index in [0.717, 1.165) is 29.5 Å². The standard InChI is InChI=1S/C14H20N4O2S/c1-8-9(2)17-18-14-10(8)11(15)12(21-14)13(19)16-6-4-5-7-20-3/h4-7,15H2,1-3H3,(H,16,19). The zero-order valence-corrected chi connectivity index (χ0v) is 13.3. The van der Waals surface area contributed by atoms with Crippen LogP contribution in [-0.4, -0.2) is 36.4 Å². The van der Waals surface area contributed by atoms with Gasteiger partial charge >= 0.3 is 0 Å². The van der Waals surface area contributed by atoms with Gasteiger partial charge in [0.2, 0.25) is 0 Å². The first kappa shape index (κ1) is 15.7. The molecule has 2 aromatic rings. The molecule has 0 bridgehead atoms. The number of ether oxygens (including phenoxy) is 1. The number of unbranched alkanes of at least 4 members (excludes halogenated alkanes) is 1. The molecule has 0 radical (unpaired) electrons. The highest BCUT2D eigenvalue weighted by molar-refractivity contribution is 7.21. The van der Waals surface area contributed by atoms with E-state index in [1.807, 2.05) is 13.8 Å². The first-order valence-corrected chi connectivity index (χ1v) is 7.67. The fourth-order valence-corrected chi connectivity index (χ4v) is 3.08. The summed E-state index contributed by atoms with van der Waals surface area (Å²) < 4.78 is 4.97. The molecule has 2 rings (SSSR count). The molecule has 2 heterocycles. The van der Waals surface area contributed by atoms with Crippen molar-refractivity contribution in [3.8, 4) is 0 Å². The Hall–Kier alpha value is -1.73. The van der Waals surface area contributed by atoms with E-state index in [2.05, 4.69) is 15.5 Å². The van der Waals surface area contributed by atoms with Gasteiger partial charge < -0.3 is 15.8 Å². The smallest absolute Gasteiger partial charge is 0.263 e. The number of hydrogen-bond acceptors (Lipinski definition) is 6. The minimum atomic E-state index is -0.148. The van der Waals surface area contributed by atoms with Gasteiger partial charge in [0.1, 0.15) is 9.71 Å². The number of carbonyl (C=O) groups is 1. The maximum absolute atomic E-state index is 12.2. The molecule has 0 atom stereocenters. The number of anilines is 1. The molecule has 2 aromatic heterocycles. The summed E-state index contributed by atoms with van der Waals surface area (Å²) in [6.45, 7) is 5.14. The van der Waals surface area contributed by atoms with Gasteiger partial charge in [-0.25, -0.2) is 0 Å². The number of aromatic nitrogens is 2. The number of nitrogens with one attached hydrogen (secondary N) is 1. The van der Waals surface area contributed by atoms with E-state index in [0.29, 0.717) is 28.5 Å². The molecule has 1 amide bonds. The Labute approximate surface area is 127 Å². The molecule has 0 saturated carbocycles. The van der Waals surface area contributed by atoms with Crippen LogP contribution in [0.15, 0.2) is 0 Å². The minimum absolute atomic E-state index is 0.148. The molecule has 0 unspecified atom stereocenters. The van der Waals surface area contributed by atoms with Crippen LogP contribution in [0.25, 0.3) is 10.2 Å². The summed E-state index contributed by atoms with van der Waals surface area (Å²) in [5, 5.41) is 11.9. The van der Waals surface area contributed by atoms with Crippen LogP contribution >= 0.6 is 11.3 Å². The molecule has 0 aliphatic rings. The molecule has 0 fully saturated rings. The summed E-state index contributed by atoms with van der Waals surface area (Å²) in [5.41, 5.74) is 8.43. The SMILES string of the molecule is COCCCCNC(=O)c1sc2nnc(C)c(C)c2c1N. The summed E-state index contributed by atoms with van der Waals surface area (Å²) in [7, 11) is 1.67. The number of aryl methyl sites for hydroxylation is 2. The third kappa shape index (κ3) is 3.30. The number of nitrogen functional groups attached to an aromatic ring is 1. The van der Waals surface area contributed by atoms with Crippen LogP contribution in [0.3, 0.4) is 0 Å². The number of rotatable bonds is 6. The highest BCUT2D eigenvalue weighted by Crippen LogP contribution is 2.34. The summed E-state index contributed by atoms with van der Waals surface area (Å²) in [5.74, 6) is -0.148. The van der Waals surface area contributed by atoms with Crippen molar-refractivity contribution in [3.05, 3.63) is 16.1 Å². The molecule has 0 saturated heterocycles. The molecular formula is C14H20N4O2S. The van der Waals surface area contributed by atoms with Crippen molar-refractivity contribution in [1.29, 1.82) is 0 Å². The van der Waals surface area contributed by atoms with Gasteiger partial charge in [-0.3, -0.25) is 4.79 Å². The Morgan fingerprint density at radius 3 is 2.81 bits per heavy atom. The van der Waals surface area contributed by atoms with E-state index >= 15 is 0 Å². The van der Waals surface area contributed by atoms with Gasteiger partial charge in [0.25, 0.3) is 5.91 Å². The van der Waals surface area contributed by atoms with Crippen molar-refractivity contribution in [2.24, 2.45) is 0 Å². The van der Waals surface area contributed by atoms with Gasteiger partial charge in [0.05, 0.1) is 11.4 Å². The molecule has 0 aliphatic heterocycles. The van der Waals surface area contributed by atoms with Crippen molar-refractivity contribution in [3.63, 3.8) is 0 Å². The number of nitrogens with two attached hydrogens (primary N) is 1. The lowest BCUT2D eigenvalue weighted by Crippen LogP contribution is -2.24. The Morgan fingerprint density at radius 2 is 2.10 bits per heavy atom. The summed E-state index contributed by atoms with van der Waals surface area (Å²) in [4.78, 5) is 13.4. The quantitative estimate of drug-likeness (QED) is 0.797. The zero-order valence-electron chi connectivity index (χ0n) is 12.5. The van der Waals surface area contributed by atoms with E-state index < -0.39 is 0 Å². The molecule has 114 valence electrons.